The Balaban J connectivity index is 2.54. The molecule has 0 atom stereocenters. The molecule has 2 aromatic rings. The van der Waals surface area contributed by atoms with Gasteiger partial charge in [0.25, 0.3) is 5.56 Å². The Bertz CT molecular complexity index is 655. The molecule has 0 saturated carbocycles. The summed E-state index contributed by atoms with van der Waals surface area (Å²) in [6.07, 6.45) is 0.703. The lowest BCUT2D eigenvalue weighted by molar-refractivity contribution is 0.622. The smallest absolute Gasteiger partial charge is 0.294 e. The van der Waals surface area contributed by atoms with Gasteiger partial charge in [-0.2, -0.15) is 0 Å². The van der Waals surface area contributed by atoms with E-state index in [4.69, 9.17) is 5.73 Å². The average molecular weight is 263 g/mol. The molecule has 0 bridgehead atoms. The van der Waals surface area contributed by atoms with Crippen molar-refractivity contribution in [1.82, 2.24) is 9.78 Å². The van der Waals surface area contributed by atoms with Crippen LogP contribution < -0.4 is 11.3 Å². The second-order valence-electron chi connectivity index (χ2n) is 5.17. The minimum absolute atomic E-state index is 0.234. The topological polar surface area (TPSA) is 63.8 Å². The van der Waals surface area contributed by atoms with Crippen molar-refractivity contribution in [1.29, 1.82) is 0 Å². The van der Waals surface area contributed by atoms with Gasteiger partial charge in [-0.25, -0.2) is 9.07 Å². The van der Waals surface area contributed by atoms with Crippen molar-refractivity contribution in [2.75, 3.05) is 5.73 Å². The van der Waals surface area contributed by atoms with Crippen LogP contribution in [0, 0.1) is 18.7 Å². The van der Waals surface area contributed by atoms with Crippen LogP contribution in [-0.2, 0) is 6.42 Å². The van der Waals surface area contributed by atoms with E-state index < -0.39 is 0 Å². The van der Waals surface area contributed by atoms with E-state index in [9.17, 15) is 9.18 Å². The van der Waals surface area contributed by atoms with E-state index in [0.29, 0.717) is 23.6 Å². The van der Waals surface area contributed by atoms with Crippen molar-refractivity contribution in [3.63, 3.8) is 0 Å². The van der Waals surface area contributed by atoms with E-state index in [1.807, 2.05) is 0 Å². The largest absolute Gasteiger partial charge is 0.393 e. The van der Waals surface area contributed by atoms with Crippen molar-refractivity contribution < 1.29 is 4.39 Å². The summed E-state index contributed by atoms with van der Waals surface area (Å²) in [6, 6.07) is 4.29. The third kappa shape index (κ3) is 2.54. The van der Waals surface area contributed by atoms with Crippen LogP contribution in [0.15, 0.2) is 23.0 Å². The van der Waals surface area contributed by atoms with E-state index in [1.54, 1.807) is 13.0 Å². The van der Waals surface area contributed by atoms with Crippen LogP contribution >= 0.6 is 0 Å². The van der Waals surface area contributed by atoms with Gasteiger partial charge in [0.1, 0.15) is 11.5 Å². The van der Waals surface area contributed by atoms with Crippen LogP contribution in [0.25, 0.3) is 5.69 Å². The molecule has 1 aromatic carbocycles. The number of aromatic amines is 1. The molecule has 0 unspecified atom stereocenters. The Morgan fingerprint density at radius 2 is 2.11 bits per heavy atom. The quantitative estimate of drug-likeness (QED) is 0.893. The van der Waals surface area contributed by atoms with Gasteiger partial charge < -0.3 is 5.73 Å². The fourth-order valence-corrected chi connectivity index (χ4v) is 2.10. The van der Waals surface area contributed by atoms with Gasteiger partial charge in [-0.1, -0.05) is 13.8 Å². The first-order valence-corrected chi connectivity index (χ1v) is 6.26. The number of nitrogen functional groups attached to an aromatic ring is 1. The highest BCUT2D eigenvalue weighted by atomic mass is 19.1. The number of rotatable bonds is 3. The summed E-state index contributed by atoms with van der Waals surface area (Å²) >= 11 is 0. The number of hydrogen-bond donors (Lipinski definition) is 2. The maximum atomic E-state index is 13.1. The monoisotopic (exact) mass is 263 g/mol. The molecule has 4 nitrogen and oxygen atoms in total. The lowest BCUT2D eigenvalue weighted by Gasteiger charge is -2.06. The van der Waals surface area contributed by atoms with Crippen LogP contribution in [0.3, 0.4) is 0 Å². The Kier molecular flexibility index (Phi) is 3.46. The summed E-state index contributed by atoms with van der Waals surface area (Å²) in [4.78, 5) is 12.1. The predicted molar refractivity (Wildman–Crippen MR) is 74.0 cm³/mol. The molecule has 2 rings (SSSR count). The number of nitrogens with one attached hydrogen (secondary N) is 1. The molecule has 0 aliphatic carbocycles. The second-order valence-corrected chi connectivity index (χ2v) is 5.17. The molecule has 0 aliphatic heterocycles. The highest BCUT2D eigenvalue weighted by molar-refractivity contribution is 5.47. The number of nitrogens with two attached hydrogens (primary N) is 1. The number of benzene rings is 1. The van der Waals surface area contributed by atoms with Gasteiger partial charge >= 0.3 is 0 Å². The number of aryl methyl sites for hydroxylation is 1. The van der Waals surface area contributed by atoms with Crippen LogP contribution in [0.1, 0.15) is 25.1 Å². The minimum atomic E-state index is -0.323. The molecule has 1 heterocycles. The first kappa shape index (κ1) is 13.4. The summed E-state index contributed by atoms with van der Waals surface area (Å²) in [5, 5.41) is 3.01. The van der Waals surface area contributed by atoms with Gasteiger partial charge in [0.05, 0.1) is 11.4 Å². The third-order valence-electron chi connectivity index (χ3n) is 3.02. The lowest BCUT2D eigenvalue weighted by atomic mass is 10.1. The van der Waals surface area contributed by atoms with Gasteiger partial charge in [-0.3, -0.25) is 9.89 Å². The molecular weight excluding hydrogens is 245 g/mol. The Labute approximate surface area is 111 Å². The van der Waals surface area contributed by atoms with Gasteiger partial charge in [0.2, 0.25) is 0 Å². The zero-order valence-electron chi connectivity index (χ0n) is 11.3. The number of anilines is 1. The number of halogens is 1. The molecule has 0 amide bonds. The Hall–Kier alpha value is -2.04. The molecule has 0 spiro atoms. The Morgan fingerprint density at radius 1 is 1.42 bits per heavy atom. The predicted octanol–water partition coefficient (Wildman–Crippen LogP) is 2.39. The first-order valence-electron chi connectivity index (χ1n) is 6.26. The van der Waals surface area contributed by atoms with Crippen LogP contribution in [0.5, 0.6) is 0 Å². The standard InChI is InChI=1S/C14H18FN3O/c1-8(2)6-11-13(16)14(19)18(17-11)12-5-4-10(15)7-9(12)3/h4-5,7-8,17H,6,16H2,1-3H3. The fraction of sp³-hybridized carbons (Fsp3) is 0.357. The maximum absolute atomic E-state index is 13.1. The highest BCUT2D eigenvalue weighted by Crippen LogP contribution is 2.16. The molecule has 1 aromatic heterocycles. The van der Waals surface area contributed by atoms with E-state index in [1.165, 1.54) is 16.8 Å². The minimum Gasteiger partial charge on any atom is -0.393 e. The first-order chi connectivity index (χ1) is 8.90. The van der Waals surface area contributed by atoms with Gasteiger partial charge in [-0.05, 0) is 43.0 Å². The van der Waals surface area contributed by atoms with Crippen LogP contribution in [0.2, 0.25) is 0 Å². The SMILES string of the molecule is Cc1cc(F)ccc1-n1[nH]c(CC(C)C)c(N)c1=O. The zero-order chi connectivity index (χ0) is 14.2. The second kappa shape index (κ2) is 4.91. The van der Waals surface area contributed by atoms with Crippen molar-refractivity contribution in [2.45, 2.75) is 27.2 Å². The summed E-state index contributed by atoms with van der Waals surface area (Å²) in [7, 11) is 0. The molecular formula is C14H18FN3O. The van der Waals surface area contributed by atoms with Crippen LogP contribution in [-0.4, -0.2) is 9.78 Å². The third-order valence-corrected chi connectivity index (χ3v) is 3.02. The van der Waals surface area contributed by atoms with Crippen molar-refractivity contribution in [3.8, 4) is 5.69 Å². The van der Waals surface area contributed by atoms with E-state index >= 15 is 0 Å². The van der Waals surface area contributed by atoms with Crippen molar-refractivity contribution >= 4 is 5.69 Å². The maximum Gasteiger partial charge on any atom is 0.294 e. The van der Waals surface area contributed by atoms with E-state index in [0.717, 1.165) is 5.69 Å². The van der Waals surface area contributed by atoms with E-state index in [-0.39, 0.29) is 17.1 Å². The summed E-state index contributed by atoms with van der Waals surface area (Å²) in [5.41, 5.74) is 7.80. The molecule has 102 valence electrons. The summed E-state index contributed by atoms with van der Waals surface area (Å²) in [5.74, 6) is 0.0688. The van der Waals surface area contributed by atoms with Gasteiger partial charge in [-0.15, -0.1) is 0 Å². The normalized spacial score (nSPS) is 11.2. The molecule has 19 heavy (non-hydrogen) atoms. The number of nitrogens with zero attached hydrogens (tertiary/aromatic N) is 1. The zero-order valence-corrected chi connectivity index (χ0v) is 11.3. The highest BCUT2D eigenvalue weighted by Gasteiger charge is 2.14. The molecule has 5 heteroatoms. The number of aromatic nitrogens is 2. The molecule has 0 radical (unpaired) electrons. The summed E-state index contributed by atoms with van der Waals surface area (Å²) in [6.45, 7) is 5.86. The van der Waals surface area contributed by atoms with Crippen LogP contribution in [0.4, 0.5) is 10.1 Å². The van der Waals surface area contributed by atoms with Crippen molar-refractivity contribution in [2.24, 2.45) is 5.92 Å². The fourth-order valence-electron chi connectivity index (χ4n) is 2.10. The molecule has 0 saturated heterocycles. The van der Waals surface area contributed by atoms with Crippen molar-refractivity contribution in [3.05, 3.63) is 45.6 Å². The number of hydrogen-bond acceptors (Lipinski definition) is 2. The molecule has 0 aliphatic rings. The molecule has 3 N–H and O–H groups in total. The average Bonchev–Trinajstić information content (AvgIpc) is 2.57. The van der Waals surface area contributed by atoms with Gasteiger partial charge in [0, 0.05) is 0 Å². The Morgan fingerprint density at radius 3 is 2.68 bits per heavy atom. The van der Waals surface area contributed by atoms with E-state index in [2.05, 4.69) is 18.9 Å². The number of H-pyrrole nitrogens is 1. The lowest BCUT2D eigenvalue weighted by Crippen LogP contribution is -2.17. The van der Waals surface area contributed by atoms with Gasteiger partial charge in [0.15, 0.2) is 0 Å². The summed E-state index contributed by atoms with van der Waals surface area (Å²) < 4.78 is 14.5. The molecule has 0 fully saturated rings.